The highest BCUT2D eigenvalue weighted by atomic mass is 16.2. The summed E-state index contributed by atoms with van der Waals surface area (Å²) in [6, 6.07) is 9.02. The van der Waals surface area contributed by atoms with Gasteiger partial charge in [0, 0.05) is 22.1 Å². The third kappa shape index (κ3) is 3.16. The molecule has 0 atom stereocenters. The summed E-state index contributed by atoms with van der Waals surface area (Å²) in [6.45, 7) is 0.339. The molecule has 2 rings (SSSR count). The number of rotatable bonds is 3. The molecule has 2 amide bonds. The number of carbonyl (C=O) groups excluding carboxylic acids is 2. The Morgan fingerprint density at radius 3 is 2.76 bits per heavy atom. The molecule has 1 saturated heterocycles. The lowest BCUT2D eigenvalue weighted by Gasteiger charge is -2.24. The number of piperidine rings is 1. The molecule has 3 nitrogen and oxygen atoms in total. The number of hydrogen-bond acceptors (Lipinski definition) is 2. The number of aryl methyl sites for hydroxylation is 1. The smallest absolute Gasteiger partial charge is 0.229 e. The fraction of sp³-hybridized carbons (Fsp3) is 0.429. The molecule has 0 aliphatic carbocycles. The molecule has 90 valence electrons. The molecule has 0 saturated carbocycles. The fourth-order valence-electron chi connectivity index (χ4n) is 1.89. The Labute approximate surface area is 104 Å². The molecule has 1 aliphatic heterocycles. The monoisotopic (exact) mass is 233 g/mol. The zero-order valence-corrected chi connectivity index (χ0v) is 9.69. The quantitative estimate of drug-likeness (QED) is 0.802. The summed E-state index contributed by atoms with van der Waals surface area (Å²) >= 11 is 0. The Kier molecular flexibility index (Phi) is 3.11. The lowest BCUT2D eigenvalue weighted by Crippen LogP contribution is -2.40. The number of imide groups is 1. The van der Waals surface area contributed by atoms with E-state index >= 15 is 0 Å². The Morgan fingerprint density at radius 1 is 1.29 bits per heavy atom. The SMILES string of the molecule is [2H]C([2H])(Cc1ccccc1)C(=O)N1CCCCC1=O. The van der Waals surface area contributed by atoms with Crippen molar-refractivity contribution >= 4 is 11.8 Å². The summed E-state index contributed by atoms with van der Waals surface area (Å²) in [7, 11) is 0. The van der Waals surface area contributed by atoms with Gasteiger partial charge in [0.1, 0.15) is 0 Å². The van der Waals surface area contributed by atoms with Crippen molar-refractivity contribution in [2.45, 2.75) is 32.1 Å². The maximum absolute atomic E-state index is 12.2. The molecule has 1 aromatic carbocycles. The highest BCUT2D eigenvalue weighted by molar-refractivity contribution is 5.95. The fourth-order valence-corrected chi connectivity index (χ4v) is 1.89. The lowest BCUT2D eigenvalue weighted by atomic mass is 10.1. The Bertz CT molecular complexity index is 474. The van der Waals surface area contributed by atoms with Crippen molar-refractivity contribution in [3.8, 4) is 0 Å². The summed E-state index contributed by atoms with van der Waals surface area (Å²) in [6.07, 6.45) is -0.152. The zero-order chi connectivity index (χ0) is 13.9. The number of likely N-dealkylation sites (tertiary alicyclic amines) is 1. The van der Waals surface area contributed by atoms with Crippen molar-refractivity contribution in [1.82, 2.24) is 4.90 Å². The molecule has 0 spiro atoms. The van der Waals surface area contributed by atoms with E-state index in [1.165, 1.54) is 0 Å². The van der Waals surface area contributed by atoms with Crippen LogP contribution in [0.15, 0.2) is 30.3 Å². The molecule has 0 aromatic heterocycles. The average molecular weight is 233 g/mol. The van der Waals surface area contributed by atoms with E-state index in [0.717, 1.165) is 23.3 Å². The normalized spacial score (nSPS) is 18.6. The Morgan fingerprint density at radius 2 is 2.06 bits per heavy atom. The van der Waals surface area contributed by atoms with Crippen LogP contribution in [-0.4, -0.2) is 23.3 Å². The van der Waals surface area contributed by atoms with Crippen molar-refractivity contribution in [3.63, 3.8) is 0 Å². The van der Waals surface area contributed by atoms with Gasteiger partial charge in [-0.2, -0.15) is 0 Å². The number of nitrogens with zero attached hydrogens (tertiary/aromatic N) is 1. The molecule has 0 N–H and O–H groups in total. The summed E-state index contributed by atoms with van der Waals surface area (Å²) in [5, 5.41) is 0. The molecule has 17 heavy (non-hydrogen) atoms. The summed E-state index contributed by atoms with van der Waals surface area (Å²) in [5.41, 5.74) is 0.755. The molecule has 1 aliphatic rings. The highest BCUT2D eigenvalue weighted by Gasteiger charge is 2.23. The number of benzene rings is 1. The number of hydrogen-bond donors (Lipinski definition) is 0. The second kappa shape index (κ2) is 5.62. The van der Waals surface area contributed by atoms with Gasteiger partial charge >= 0.3 is 0 Å². The third-order valence-corrected chi connectivity index (χ3v) is 2.86. The first-order valence-corrected chi connectivity index (χ1v) is 5.89. The van der Waals surface area contributed by atoms with Gasteiger partial charge in [-0.25, -0.2) is 0 Å². The molecule has 3 heteroatoms. The van der Waals surface area contributed by atoms with Crippen LogP contribution >= 0.6 is 0 Å². The highest BCUT2D eigenvalue weighted by Crippen LogP contribution is 2.13. The minimum atomic E-state index is -2.03. The van der Waals surface area contributed by atoms with Crippen LogP contribution in [0.25, 0.3) is 0 Å². The van der Waals surface area contributed by atoms with Crippen molar-refractivity contribution in [3.05, 3.63) is 35.9 Å². The molecule has 1 heterocycles. The van der Waals surface area contributed by atoms with E-state index in [0.29, 0.717) is 13.0 Å². The predicted molar refractivity (Wildman–Crippen MR) is 65.3 cm³/mol. The van der Waals surface area contributed by atoms with Crippen molar-refractivity contribution < 1.29 is 12.3 Å². The van der Waals surface area contributed by atoms with Gasteiger partial charge in [0.25, 0.3) is 0 Å². The first-order chi connectivity index (χ1) is 9.00. The van der Waals surface area contributed by atoms with Gasteiger partial charge in [-0.3, -0.25) is 14.5 Å². The minimum Gasteiger partial charge on any atom is -0.283 e. The Hall–Kier alpha value is -1.64. The Balaban J connectivity index is 2.10. The van der Waals surface area contributed by atoms with E-state index in [2.05, 4.69) is 0 Å². The van der Waals surface area contributed by atoms with E-state index < -0.39 is 12.3 Å². The van der Waals surface area contributed by atoms with Crippen LogP contribution in [0.2, 0.25) is 0 Å². The number of amides is 2. The van der Waals surface area contributed by atoms with E-state index in [9.17, 15) is 9.59 Å². The summed E-state index contributed by atoms with van der Waals surface area (Å²) < 4.78 is 15.8. The summed E-state index contributed by atoms with van der Waals surface area (Å²) in [4.78, 5) is 24.9. The van der Waals surface area contributed by atoms with Crippen LogP contribution in [0.3, 0.4) is 0 Å². The summed E-state index contributed by atoms with van der Waals surface area (Å²) in [5.74, 6) is -0.964. The van der Waals surface area contributed by atoms with E-state index in [-0.39, 0.29) is 12.3 Å². The third-order valence-electron chi connectivity index (χ3n) is 2.86. The van der Waals surface area contributed by atoms with Gasteiger partial charge in [-0.05, 0) is 24.8 Å². The standard InChI is InChI=1S/C14H17NO2/c16-13-8-4-5-11-15(13)14(17)10-9-12-6-2-1-3-7-12/h1-3,6-7H,4-5,8-11H2/i10D2. The predicted octanol–water partition coefficient (Wildman–Crippen LogP) is 2.16. The minimum absolute atomic E-state index is 0.00352. The van der Waals surface area contributed by atoms with Crippen molar-refractivity contribution in [1.29, 1.82) is 0 Å². The first-order valence-electron chi connectivity index (χ1n) is 6.89. The molecule has 0 unspecified atom stereocenters. The van der Waals surface area contributed by atoms with Crippen LogP contribution in [0.4, 0.5) is 0 Å². The first kappa shape index (κ1) is 9.40. The average Bonchev–Trinajstić information content (AvgIpc) is 2.39. The van der Waals surface area contributed by atoms with Gasteiger partial charge in [-0.1, -0.05) is 30.3 Å². The second-order valence-electron chi connectivity index (χ2n) is 4.15. The van der Waals surface area contributed by atoms with Gasteiger partial charge in [0.05, 0.1) is 0 Å². The van der Waals surface area contributed by atoms with Crippen LogP contribution < -0.4 is 0 Å². The van der Waals surface area contributed by atoms with E-state index in [1.807, 2.05) is 18.2 Å². The number of carbonyl (C=O) groups is 2. The van der Waals surface area contributed by atoms with Crippen LogP contribution in [0, 0.1) is 0 Å². The van der Waals surface area contributed by atoms with Crippen LogP contribution in [0.1, 0.15) is 33.9 Å². The van der Waals surface area contributed by atoms with Gasteiger partial charge in [0.15, 0.2) is 0 Å². The molecular weight excluding hydrogens is 214 g/mol. The molecule has 1 fully saturated rings. The zero-order valence-electron chi connectivity index (χ0n) is 11.7. The molecule has 1 aromatic rings. The van der Waals surface area contributed by atoms with Crippen LogP contribution in [0.5, 0.6) is 0 Å². The van der Waals surface area contributed by atoms with Crippen molar-refractivity contribution in [2.24, 2.45) is 0 Å². The molecular formula is C14H17NO2. The van der Waals surface area contributed by atoms with Crippen LogP contribution in [-0.2, 0) is 16.0 Å². The maximum Gasteiger partial charge on any atom is 0.229 e. The molecule has 0 radical (unpaired) electrons. The van der Waals surface area contributed by atoms with E-state index in [4.69, 9.17) is 2.74 Å². The van der Waals surface area contributed by atoms with Crippen molar-refractivity contribution in [2.75, 3.05) is 6.54 Å². The molecule has 0 bridgehead atoms. The second-order valence-corrected chi connectivity index (χ2v) is 4.15. The maximum atomic E-state index is 12.2. The van der Waals surface area contributed by atoms with Gasteiger partial charge in [-0.15, -0.1) is 0 Å². The van der Waals surface area contributed by atoms with E-state index in [1.54, 1.807) is 12.1 Å². The lowest BCUT2D eigenvalue weighted by molar-refractivity contribution is -0.146. The van der Waals surface area contributed by atoms with Gasteiger partial charge < -0.3 is 0 Å². The largest absolute Gasteiger partial charge is 0.283 e. The topological polar surface area (TPSA) is 37.4 Å². The van der Waals surface area contributed by atoms with Gasteiger partial charge in [0.2, 0.25) is 11.8 Å².